The van der Waals surface area contributed by atoms with Crippen LogP contribution in [0, 0.1) is 0 Å². The molecule has 6 heteroatoms. The Morgan fingerprint density at radius 3 is 1.75 bits per heavy atom. The van der Waals surface area contributed by atoms with E-state index in [0.717, 1.165) is 0 Å². The lowest BCUT2D eigenvalue weighted by Gasteiger charge is -1.94. The van der Waals surface area contributed by atoms with Gasteiger partial charge < -0.3 is 25.7 Å². The van der Waals surface area contributed by atoms with Gasteiger partial charge in [-0.25, -0.2) is 4.79 Å². The van der Waals surface area contributed by atoms with E-state index in [4.69, 9.17) is 20.4 Å². The smallest absolute Gasteiger partial charge is 0.335 e. The fourth-order valence-corrected chi connectivity index (χ4v) is 0.864. The summed E-state index contributed by atoms with van der Waals surface area (Å²) in [5.41, 5.74) is 0.331. The van der Waals surface area contributed by atoms with Crippen LogP contribution in [0.1, 0.15) is 24.2 Å². The molecule has 1 aromatic carbocycles. The highest BCUT2D eigenvalue weighted by molar-refractivity contribution is 5.87. The zero-order valence-corrected chi connectivity index (χ0v) is 12.0. The van der Waals surface area contributed by atoms with Gasteiger partial charge in [-0.15, -0.1) is 0 Å². The zero-order valence-electron chi connectivity index (χ0n) is 12.0. The first kappa shape index (κ1) is 20.8. The molecule has 0 aromatic heterocycles. The van der Waals surface area contributed by atoms with Crippen molar-refractivity contribution in [1.82, 2.24) is 5.32 Å². The quantitative estimate of drug-likeness (QED) is 0.499. The van der Waals surface area contributed by atoms with Crippen molar-refractivity contribution in [3.05, 3.63) is 35.9 Å². The average Bonchev–Trinajstić information content (AvgIpc) is 2.40. The van der Waals surface area contributed by atoms with E-state index in [2.05, 4.69) is 5.32 Å². The molecule has 0 aliphatic rings. The third-order valence-electron chi connectivity index (χ3n) is 1.60. The predicted octanol–water partition coefficient (Wildman–Crippen LogP) is 0.332. The highest BCUT2D eigenvalue weighted by Crippen LogP contribution is 1.96. The number of nitrogens with one attached hydrogen (secondary N) is 1. The fourth-order valence-electron chi connectivity index (χ4n) is 0.864. The molecule has 5 N–H and O–H groups in total. The van der Waals surface area contributed by atoms with E-state index < -0.39 is 5.97 Å². The van der Waals surface area contributed by atoms with Crippen LogP contribution < -0.4 is 5.32 Å². The molecule has 116 valence electrons. The number of benzene rings is 1. The van der Waals surface area contributed by atoms with Gasteiger partial charge in [-0.3, -0.25) is 0 Å². The Hall–Kier alpha value is -1.47. The summed E-state index contributed by atoms with van der Waals surface area (Å²) in [7, 11) is 0. The molecule has 0 spiro atoms. The van der Waals surface area contributed by atoms with Gasteiger partial charge in [0.05, 0.1) is 18.8 Å². The van der Waals surface area contributed by atoms with Crippen LogP contribution in [0.4, 0.5) is 0 Å². The number of rotatable bonds is 5. The predicted molar refractivity (Wildman–Crippen MR) is 77.8 cm³/mol. The summed E-state index contributed by atoms with van der Waals surface area (Å²) in [4.78, 5) is 10.2. The molecule has 0 atom stereocenters. The van der Waals surface area contributed by atoms with Gasteiger partial charge in [0.2, 0.25) is 0 Å². The molecule has 0 fully saturated rings. The second-order valence-corrected chi connectivity index (χ2v) is 3.96. The van der Waals surface area contributed by atoms with Crippen molar-refractivity contribution >= 4 is 5.97 Å². The van der Waals surface area contributed by atoms with Crippen LogP contribution in [-0.2, 0) is 0 Å². The largest absolute Gasteiger partial charge is 0.478 e. The molecule has 1 aromatic rings. The van der Waals surface area contributed by atoms with Crippen LogP contribution in [0.25, 0.3) is 0 Å². The fraction of sp³-hybridized carbons (Fsp3) is 0.500. The lowest BCUT2D eigenvalue weighted by atomic mass is 10.2. The summed E-state index contributed by atoms with van der Waals surface area (Å²) in [6.45, 7) is 4.86. The maximum Gasteiger partial charge on any atom is 0.335 e. The molecule has 0 heterocycles. The zero-order chi connectivity index (χ0) is 15.8. The van der Waals surface area contributed by atoms with Crippen molar-refractivity contribution in [2.75, 3.05) is 26.3 Å². The SMILES string of the molecule is CC(C)O.O=C(O)c1ccccc1.OCCNCCO. The number of aliphatic hydroxyl groups is 3. The summed E-state index contributed by atoms with van der Waals surface area (Å²) in [6.07, 6.45) is -0.167. The first-order valence-electron chi connectivity index (χ1n) is 6.34. The second kappa shape index (κ2) is 15.6. The van der Waals surface area contributed by atoms with Gasteiger partial charge in [0.25, 0.3) is 0 Å². The van der Waals surface area contributed by atoms with Gasteiger partial charge >= 0.3 is 5.97 Å². The number of hydrogen-bond donors (Lipinski definition) is 5. The molecule has 0 aliphatic carbocycles. The highest BCUT2D eigenvalue weighted by atomic mass is 16.4. The molecule has 0 bridgehead atoms. The monoisotopic (exact) mass is 287 g/mol. The molecule has 0 radical (unpaired) electrons. The third-order valence-corrected chi connectivity index (χ3v) is 1.60. The molecule has 1 rings (SSSR count). The van der Waals surface area contributed by atoms with Crippen LogP contribution >= 0.6 is 0 Å². The summed E-state index contributed by atoms with van der Waals surface area (Å²) < 4.78 is 0. The van der Waals surface area contributed by atoms with E-state index in [1.54, 1.807) is 44.2 Å². The Labute approximate surface area is 119 Å². The Bertz CT molecular complexity index is 310. The van der Waals surface area contributed by atoms with Gasteiger partial charge in [-0.05, 0) is 26.0 Å². The number of carbonyl (C=O) groups is 1. The Morgan fingerprint density at radius 1 is 1.10 bits per heavy atom. The molecule has 20 heavy (non-hydrogen) atoms. The molecule has 0 saturated carbocycles. The van der Waals surface area contributed by atoms with Gasteiger partial charge in [-0.2, -0.15) is 0 Å². The van der Waals surface area contributed by atoms with Crippen LogP contribution in [-0.4, -0.2) is 58.8 Å². The lowest BCUT2D eigenvalue weighted by Crippen LogP contribution is -2.21. The van der Waals surface area contributed by atoms with Gasteiger partial charge in [0.15, 0.2) is 0 Å². The van der Waals surface area contributed by atoms with Crippen molar-refractivity contribution in [2.45, 2.75) is 20.0 Å². The third kappa shape index (κ3) is 18.9. The Balaban J connectivity index is 0. The van der Waals surface area contributed by atoms with Crippen LogP contribution in [0.15, 0.2) is 30.3 Å². The van der Waals surface area contributed by atoms with E-state index in [9.17, 15) is 4.79 Å². The van der Waals surface area contributed by atoms with Crippen molar-refractivity contribution in [3.63, 3.8) is 0 Å². The van der Waals surface area contributed by atoms with Gasteiger partial charge in [0, 0.05) is 19.2 Å². The second-order valence-electron chi connectivity index (χ2n) is 3.96. The topological polar surface area (TPSA) is 110 Å². The first-order valence-corrected chi connectivity index (χ1v) is 6.34. The van der Waals surface area contributed by atoms with Gasteiger partial charge in [-0.1, -0.05) is 18.2 Å². The summed E-state index contributed by atoms with van der Waals surface area (Å²) in [6, 6.07) is 8.30. The van der Waals surface area contributed by atoms with E-state index >= 15 is 0 Å². The Morgan fingerprint density at radius 2 is 1.50 bits per heavy atom. The minimum atomic E-state index is -0.879. The number of carboxylic acid groups (broad SMARTS) is 1. The van der Waals surface area contributed by atoms with E-state index in [1.807, 2.05) is 0 Å². The van der Waals surface area contributed by atoms with Crippen molar-refractivity contribution in [3.8, 4) is 0 Å². The molecule has 0 saturated heterocycles. The summed E-state index contributed by atoms with van der Waals surface area (Å²) >= 11 is 0. The molecular weight excluding hydrogens is 262 g/mol. The first-order chi connectivity index (χ1) is 9.45. The van der Waals surface area contributed by atoms with Crippen molar-refractivity contribution in [2.24, 2.45) is 0 Å². The average molecular weight is 287 g/mol. The number of aromatic carboxylic acids is 1. The molecule has 0 amide bonds. The number of carboxylic acids is 1. The van der Waals surface area contributed by atoms with Crippen LogP contribution in [0.2, 0.25) is 0 Å². The minimum Gasteiger partial charge on any atom is -0.478 e. The van der Waals surface area contributed by atoms with Crippen molar-refractivity contribution in [1.29, 1.82) is 0 Å². The Kier molecular flexibility index (Phi) is 16.2. The summed E-state index contributed by atoms with van der Waals surface area (Å²) in [5, 5.41) is 35.5. The maximum absolute atomic E-state index is 10.2. The standard InChI is InChI=1S/C7H6O2.C4H11NO2.C3H8O/c8-7(9)6-4-2-1-3-5-6;6-3-1-5-2-4-7;1-3(2)4/h1-5H,(H,8,9);5-7H,1-4H2;3-4H,1-2H3. The normalized spacial score (nSPS) is 9.10. The highest BCUT2D eigenvalue weighted by Gasteiger charge is 1.96. The van der Waals surface area contributed by atoms with E-state index in [0.29, 0.717) is 18.7 Å². The molecule has 0 unspecified atom stereocenters. The molecule has 0 aliphatic heterocycles. The minimum absolute atomic E-state index is 0.139. The van der Waals surface area contributed by atoms with E-state index in [-0.39, 0.29) is 19.3 Å². The number of hydrogen-bond acceptors (Lipinski definition) is 5. The van der Waals surface area contributed by atoms with Crippen LogP contribution in [0.3, 0.4) is 0 Å². The van der Waals surface area contributed by atoms with Crippen LogP contribution in [0.5, 0.6) is 0 Å². The maximum atomic E-state index is 10.2. The van der Waals surface area contributed by atoms with Gasteiger partial charge in [0.1, 0.15) is 0 Å². The number of aliphatic hydroxyl groups excluding tert-OH is 3. The molecular formula is C14H25NO5. The summed E-state index contributed by atoms with van der Waals surface area (Å²) in [5.74, 6) is -0.879. The van der Waals surface area contributed by atoms with Crippen molar-refractivity contribution < 1.29 is 25.2 Å². The molecule has 6 nitrogen and oxygen atoms in total. The van der Waals surface area contributed by atoms with E-state index in [1.165, 1.54) is 0 Å². The lowest BCUT2D eigenvalue weighted by molar-refractivity contribution is 0.0697.